The molecule has 0 radical (unpaired) electrons. The fourth-order valence-electron chi connectivity index (χ4n) is 2.41. The van der Waals surface area contributed by atoms with Crippen LogP contribution in [0, 0.1) is 6.92 Å². The molecule has 1 aromatic heterocycles. The van der Waals surface area contributed by atoms with Crippen LogP contribution in [0.15, 0.2) is 24.4 Å². The van der Waals surface area contributed by atoms with E-state index in [2.05, 4.69) is 42.8 Å². The molecular formula is C15H21N3. The Labute approximate surface area is 109 Å². The van der Waals surface area contributed by atoms with E-state index in [0.717, 1.165) is 23.3 Å². The number of anilines is 2. The highest BCUT2D eigenvalue weighted by atomic mass is 15.1. The summed E-state index contributed by atoms with van der Waals surface area (Å²) < 4.78 is 0. The van der Waals surface area contributed by atoms with Crippen molar-refractivity contribution in [1.82, 2.24) is 4.98 Å². The number of benzene rings is 1. The molecule has 1 aromatic carbocycles. The smallest absolute Gasteiger partial charge is 0.0450 e. The van der Waals surface area contributed by atoms with Crippen LogP contribution >= 0.6 is 0 Å². The maximum atomic E-state index is 6.03. The van der Waals surface area contributed by atoms with Crippen LogP contribution in [0.1, 0.15) is 26.5 Å². The van der Waals surface area contributed by atoms with Gasteiger partial charge in [-0.05, 0) is 45.9 Å². The molecule has 1 heterocycles. The highest BCUT2D eigenvalue weighted by Crippen LogP contribution is 2.31. The van der Waals surface area contributed by atoms with Gasteiger partial charge in [0.05, 0.1) is 0 Å². The van der Waals surface area contributed by atoms with E-state index in [9.17, 15) is 0 Å². The minimum Gasteiger partial charge on any atom is -0.398 e. The van der Waals surface area contributed by atoms with Crippen molar-refractivity contribution in [2.45, 2.75) is 33.7 Å². The summed E-state index contributed by atoms with van der Waals surface area (Å²) >= 11 is 0. The van der Waals surface area contributed by atoms with Crippen molar-refractivity contribution >= 4 is 22.1 Å². The van der Waals surface area contributed by atoms with Gasteiger partial charge in [0.1, 0.15) is 0 Å². The first-order valence-corrected chi connectivity index (χ1v) is 6.46. The number of nitrogens with zero attached hydrogens (tertiary/aromatic N) is 2. The maximum absolute atomic E-state index is 6.03. The molecule has 18 heavy (non-hydrogen) atoms. The van der Waals surface area contributed by atoms with Gasteiger partial charge in [-0.15, -0.1) is 0 Å². The summed E-state index contributed by atoms with van der Waals surface area (Å²) in [7, 11) is 0. The first-order valence-electron chi connectivity index (χ1n) is 6.46. The molecular weight excluding hydrogens is 222 g/mol. The molecule has 0 aliphatic rings. The van der Waals surface area contributed by atoms with Crippen LogP contribution in [0.25, 0.3) is 10.8 Å². The van der Waals surface area contributed by atoms with Crippen LogP contribution in [0.3, 0.4) is 0 Å². The van der Waals surface area contributed by atoms with Crippen LogP contribution in [-0.4, -0.2) is 17.6 Å². The molecule has 0 spiro atoms. The predicted octanol–water partition coefficient (Wildman–Crippen LogP) is 3.36. The molecule has 0 aliphatic carbocycles. The number of nitrogens with two attached hydrogens (primary N) is 1. The van der Waals surface area contributed by atoms with Crippen molar-refractivity contribution < 1.29 is 0 Å². The van der Waals surface area contributed by atoms with Crippen molar-refractivity contribution in [2.75, 3.05) is 17.2 Å². The van der Waals surface area contributed by atoms with E-state index in [1.807, 2.05) is 19.2 Å². The van der Waals surface area contributed by atoms with Crippen molar-refractivity contribution in [2.24, 2.45) is 0 Å². The summed E-state index contributed by atoms with van der Waals surface area (Å²) in [5.74, 6) is 0. The standard InChI is InChI=1S/C15H21N3/c1-5-18(10(2)3)15-7-6-14(16)13-9-17-11(4)8-12(13)15/h6-10H,5,16H2,1-4H3. The van der Waals surface area contributed by atoms with Crippen molar-refractivity contribution in [3.63, 3.8) is 0 Å². The van der Waals surface area contributed by atoms with Crippen LogP contribution in [0.2, 0.25) is 0 Å². The Morgan fingerprint density at radius 2 is 2.00 bits per heavy atom. The molecule has 0 atom stereocenters. The van der Waals surface area contributed by atoms with Gasteiger partial charge < -0.3 is 10.6 Å². The number of hydrogen-bond acceptors (Lipinski definition) is 3. The second-order valence-electron chi connectivity index (χ2n) is 4.92. The number of aryl methyl sites for hydroxylation is 1. The van der Waals surface area contributed by atoms with Gasteiger partial charge in [0, 0.05) is 46.6 Å². The molecule has 0 amide bonds. The fourth-order valence-corrected chi connectivity index (χ4v) is 2.41. The summed E-state index contributed by atoms with van der Waals surface area (Å²) in [6.07, 6.45) is 1.87. The first-order chi connectivity index (χ1) is 8.54. The monoisotopic (exact) mass is 243 g/mol. The number of nitrogen functional groups attached to an aromatic ring is 1. The van der Waals surface area contributed by atoms with Crippen LogP contribution < -0.4 is 10.6 Å². The molecule has 3 nitrogen and oxygen atoms in total. The average molecular weight is 243 g/mol. The first kappa shape index (κ1) is 12.7. The second kappa shape index (κ2) is 4.84. The van der Waals surface area contributed by atoms with Crippen LogP contribution in [0.5, 0.6) is 0 Å². The molecule has 0 unspecified atom stereocenters. The Balaban J connectivity index is 2.71. The third-order valence-corrected chi connectivity index (χ3v) is 3.32. The lowest BCUT2D eigenvalue weighted by molar-refractivity contribution is 0.706. The van der Waals surface area contributed by atoms with Crippen LogP contribution in [-0.2, 0) is 0 Å². The third-order valence-electron chi connectivity index (χ3n) is 3.32. The second-order valence-corrected chi connectivity index (χ2v) is 4.92. The molecule has 96 valence electrons. The summed E-state index contributed by atoms with van der Waals surface area (Å²) in [5.41, 5.74) is 9.09. The number of aromatic nitrogens is 1. The number of pyridine rings is 1. The summed E-state index contributed by atoms with van der Waals surface area (Å²) in [5, 5.41) is 2.23. The SMILES string of the molecule is CCN(c1ccc(N)c2cnc(C)cc12)C(C)C. The predicted molar refractivity (Wildman–Crippen MR) is 79.0 cm³/mol. The molecule has 0 bridgehead atoms. The Bertz CT molecular complexity index is 561. The summed E-state index contributed by atoms with van der Waals surface area (Å²) in [6, 6.07) is 6.67. The summed E-state index contributed by atoms with van der Waals surface area (Å²) in [4.78, 5) is 6.72. The molecule has 0 saturated carbocycles. The van der Waals surface area contributed by atoms with E-state index in [4.69, 9.17) is 5.73 Å². The Morgan fingerprint density at radius 1 is 1.28 bits per heavy atom. The highest BCUT2D eigenvalue weighted by Gasteiger charge is 2.13. The molecule has 0 aliphatic heterocycles. The lowest BCUT2D eigenvalue weighted by atomic mass is 10.1. The zero-order valence-electron chi connectivity index (χ0n) is 11.6. The fraction of sp³-hybridized carbons (Fsp3) is 0.400. The number of rotatable bonds is 3. The van der Waals surface area contributed by atoms with E-state index in [1.54, 1.807) is 0 Å². The van der Waals surface area contributed by atoms with Gasteiger partial charge in [0.2, 0.25) is 0 Å². The van der Waals surface area contributed by atoms with E-state index in [1.165, 1.54) is 11.1 Å². The van der Waals surface area contributed by atoms with Crippen molar-refractivity contribution in [1.29, 1.82) is 0 Å². The van der Waals surface area contributed by atoms with E-state index < -0.39 is 0 Å². The zero-order valence-corrected chi connectivity index (χ0v) is 11.6. The van der Waals surface area contributed by atoms with Gasteiger partial charge in [-0.3, -0.25) is 4.98 Å². The quantitative estimate of drug-likeness (QED) is 0.840. The maximum Gasteiger partial charge on any atom is 0.0450 e. The number of fused-ring (bicyclic) bond motifs is 1. The van der Waals surface area contributed by atoms with Gasteiger partial charge in [-0.25, -0.2) is 0 Å². The Hall–Kier alpha value is -1.77. The minimum atomic E-state index is 0.468. The normalized spacial score (nSPS) is 11.2. The Kier molecular flexibility index (Phi) is 3.41. The Morgan fingerprint density at radius 3 is 2.61 bits per heavy atom. The lowest BCUT2D eigenvalue weighted by Gasteiger charge is -2.29. The van der Waals surface area contributed by atoms with Gasteiger partial charge in [0.25, 0.3) is 0 Å². The molecule has 2 rings (SSSR count). The van der Waals surface area contributed by atoms with E-state index in [0.29, 0.717) is 6.04 Å². The molecule has 2 N–H and O–H groups in total. The molecule has 3 heteroatoms. The molecule has 0 fully saturated rings. The number of hydrogen-bond donors (Lipinski definition) is 1. The van der Waals surface area contributed by atoms with Gasteiger partial charge in [-0.2, -0.15) is 0 Å². The molecule has 2 aromatic rings. The minimum absolute atomic E-state index is 0.468. The van der Waals surface area contributed by atoms with Crippen LogP contribution in [0.4, 0.5) is 11.4 Å². The topological polar surface area (TPSA) is 42.1 Å². The van der Waals surface area contributed by atoms with Gasteiger partial charge >= 0.3 is 0 Å². The lowest BCUT2D eigenvalue weighted by Crippen LogP contribution is -2.30. The van der Waals surface area contributed by atoms with Gasteiger partial charge in [-0.1, -0.05) is 0 Å². The zero-order chi connectivity index (χ0) is 13.3. The molecule has 0 saturated heterocycles. The highest BCUT2D eigenvalue weighted by molar-refractivity contribution is 6.01. The largest absolute Gasteiger partial charge is 0.398 e. The van der Waals surface area contributed by atoms with E-state index in [-0.39, 0.29) is 0 Å². The average Bonchev–Trinajstić information content (AvgIpc) is 2.32. The van der Waals surface area contributed by atoms with E-state index >= 15 is 0 Å². The van der Waals surface area contributed by atoms with Crippen molar-refractivity contribution in [3.8, 4) is 0 Å². The van der Waals surface area contributed by atoms with Gasteiger partial charge in [0.15, 0.2) is 0 Å². The van der Waals surface area contributed by atoms with Crippen molar-refractivity contribution in [3.05, 3.63) is 30.1 Å². The third kappa shape index (κ3) is 2.13. The summed E-state index contributed by atoms with van der Waals surface area (Å²) in [6.45, 7) is 9.59.